The number of aliphatic imine (C=N–C) groups is 1. The maximum Gasteiger partial charge on any atom is 0.258 e. The highest BCUT2D eigenvalue weighted by molar-refractivity contribution is 5.86. The van der Waals surface area contributed by atoms with E-state index in [4.69, 9.17) is 4.74 Å². The second-order valence-electron chi connectivity index (χ2n) is 3.43. The van der Waals surface area contributed by atoms with E-state index < -0.39 is 0 Å². The summed E-state index contributed by atoms with van der Waals surface area (Å²) in [5.41, 5.74) is 0.723. The molecule has 1 N–H and O–H groups in total. The number of rotatable bonds is 3. The van der Waals surface area contributed by atoms with Crippen LogP contribution >= 0.6 is 24.8 Å². The Morgan fingerprint density at radius 1 is 1.22 bits per heavy atom. The fourth-order valence-corrected chi connectivity index (χ4v) is 1.61. The molecule has 18 heavy (non-hydrogen) atoms. The summed E-state index contributed by atoms with van der Waals surface area (Å²) in [5, 5.41) is 3.14. The van der Waals surface area contributed by atoms with Crippen molar-refractivity contribution in [3.05, 3.63) is 24.8 Å². The number of imidazole rings is 1. The SMILES string of the molecule is Cl.Cl.c1cn2ccnc2c(OCC2=NCCN2)n1. The Bertz CT molecular complexity index is 542. The van der Waals surface area contributed by atoms with Gasteiger partial charge in [0.05, 0.1) is 6.54 Å². The van der Waals surface area contributed by atoms with Crippen molar-refractivity contribution >= 4 is 36.3 Å². The van der Waals surface area contributed by atoms with Crippen LogP contribution in [0.5, 0.6) is 5.88 Å². The number of hydrogen-bond donors (Lipinski definition) is 1. The molecule has 98 valence electrons. The van der Waals surface area contributed by atoms with Gasteiger partial charge in [-0.15, -0.1) is 24.8 Å². The minimum absolute atomic E-state index is 0. The molecule has 3 heterocycles. The quantitative estimate of drug-likeness (QED) is 0.914. The van der Waals surface area contributed by atoms with Crippen molar-refractivity contribution in [2.24, 2.45) is 4.99 Å². The fourth-order valence-electron chi connectivity index (χ4n) is 1.61. The Morgan fingerprint density at radius 3 is 2.72 bits per heavy atom. The lowest BCUT2D eigenvalue weighted by Crippen LogP contribution is -2.25. The van der Waals surface area contributed by atoms with E-state index in [-0.39, 0.29) is 24.8 Å². The van der Waals surface area contributed by atoms with Crippen molar-refractivity contribution in [1.82, 2.24) is 19.7 Å². The van der Waals surface area contributed by atoms with Crippen molar-refractivity contribution in [1.29, 1.82) is 0 Å². The molecule has 0 saturated carbocycles. The number of amidine groups is 1. The minimum Gasteiger partial charge on any atom is -0.467 e. The highest BCUT2D eigenvalue weighted by atomic mass is 35.5. The molecule has 0 radical (unpaired) electrons. The lowest BCUT2D eigenvalue weighted by atomic mass is 10.6. The van der Waals surface area contributed by atoms with Crippen molar-refractivity contribution in [3.8, 4) is 5.88 Å². The van der Waals surface area contributed by atoms with Gasteiger partial charge in [-0.2, -0.15) is 0 Å². The van der Waals surface area contributed by atoms with Gasteiger partial charge in [-0.3, -0.25) is 4.99 Å². The molecular weight excluding hydrogens is 277 g/mol. The van der Waals surface area contributed by atoms with Crippen LogP contribution in [0.2, 0.25) is 0 Å². The van der Waals surface area contributed by atoms with Crippen molar-refractivity contribution in [2.75, 3.05) is 19.7 Å². The van der Waals surface area contributed by atoms with E-state index in [1.807, 2.05) is 16.8 Å². The van der Waals surface area contributed by atoms with Crippen LogP contribution in [0, 0.1) is 0 Å². The van der Waals surface area contributed by atoms with Gasteiger partial charge in [-0.05, 0) is 0 Å². The number of fused-ring (bicyclic) bond motifs is 1. The lowest BCUT2D eigenvalue weighted by Gasteiger charge is -2.06. The second-order valence-corrected chi connectivity index (χ2v) is 3.43. The normalized spacial score (nSPS) is 13.2. The highest BCUT2D eigenvalue weighted by Crippen LogP contribution is 2.13. The molecular formula is C10H13Cl2N5O. The van der Waals surface area contributed by atoms with Crippen LogP contribution in [0.15, 0.2) is 29.8 Å². The fraction of sp³-hybridized carbons (Fsp3) is 0.300. The smallest absolute Gasteiger partial charge is 0.258 e. The summed E-state index contributed by atoms with van der Waals surface area (Å²) < 4.78 is 7.44. The van der Waals surface area contributed by atoms with Gasteiger partial charge in [0.25, 0.3) is 5.88 Å². The van der Waals surface area contributed by atoms with Gasteiger partial charge in [-0.1, -0.05) is 0 Å². The van der Waals surface area contributed by atoms with Gasteiger partial charge in [0.2, 0.25) is 0 Å². The summed E-state index contributed by atoms with van der Waals surface area (Å²) in [5.74, 6) is 1.40. The molecule has 3 rings (SSSR count). The largest absolute Gasteiger partial charge is 0.467 e. The topological polar surface area (TPSA) is 63.8 Å². The van der Waals surface area contributed by atoms with E-state index in [2.05, 4.69) is 20.3 Å². The first-order valence-corrected chi connectivity index (χ1v) is 5.11. The zero-order chi connectivity index (χ0) is 10.8. The van der Waals surface area contributed by atoms with Crippen molar-refractivity contribution < 1.29 is 4.74 Å². The number of hydrogen-bond acceptors (Lipinski definition) is 5. The third-order valence-corrected chi connectivity index (χ3v) is 2.37. The zero-order valence-corrected chi connectivity index (χ0v) is 11.1. The van der Waals surface area contributed by atoms with Crippen molar-refractivity contribution in [2.45, 2.75) is 0 Å². The molecule has 0 atom stereocenters. The van der Waals surface area contributed by atoms with E-state index >= 15 is 0 Å². The van der Waals surface area contributed by atoms with Gasteiger partial charge >= 0.3 is 0 Å². The van der Waals surface area contributed by atoms with E-state index in [1.54, 1.807) is 12.4 Å². The summed E-state index contributed by atoms with van der Waals surface area (Å²) in [6.07, 6.45) is 7.10. The molecule has 2 aromatic heterocycles. The summed E-state index contributed by atoms with van der Waals surface area (Å²) in [4.78, 5) is 12.6. The molecule has 0 fully saturated rings. The number of halogens is 2. The van der Waals surface area contributed by atoms with Crippen LogP contribution < -0.4 is 10.1 Å². The second kappa shape index (κ2) is 6.42. The molecule has 1 aliphatic rings. The Labute approximate surface area is 116 Å². The average Bonchev–Trinajstić information content (AvgIpc) is 2.97. The lowest BCUT2D eigenvalue weighted by molar-refractivity contribution is 0.361. The van der Waals surface area contributed by atoms with Crippen LogP contribution in [0.3, 0.4) is 0 Å². The summed E-state index contributed by atoms with van der Waals surface area (Å²) in [6.45, 7) is 2.12. The minimum atomic E-state index is 0. The van der Waals surface area contributed by atoms with Gasteiger partial charge in [-0.25, -0.2) is 9.97 Å². The Hall–Kier alpha value is -1.53. The van der Waals surface area contributed by atoms with Gasteiger partial charge in [0.15, 0.2) is 5.65 Å². The van der Waals surface area contributed by atoms with Crippen LogP contribution in [0.25, 0.3) is 5.65 Å². The van der Waals surface area contributed by atoms with Crippen LogP contribution in [-0.2, 0) is 0 Å². The highest BCUT2D eigenvalue weighted by Gasteiger charge is 2.09. The first kappa shape index (κ1) is 14.5. The molecule has 0 aromatic carbocycles. The monoisotopic (exact) mass is 289 g/mol. The van der Waals surface area contributed by atoms with Crippen LogP contribution in [0.1, 0.15) is 0 Å². The molecule has 2 aromatic rings. The Morgan fingerprint density at radius 2 is 2.00 bits per heavy atom. The molecule has 0 amide bonds. The van der Waals surface area contributed by atoms with Crippen molar-refractivity contribution in [3.63, 3.8) is 0 Å². The number of nitrogens with one attached hydrogen (secondary N) is 1. The molecule has 0 unspecified atom stereocenters. The van der Waals surface area contributed by atoms with E-state index in [1.165, 1.54) is 0 Å². The number of nitrogens with zero attached hydrogens (tertiary/aromatic N) is 4. The predicted octanol–water partition coefficient (Wildman–Crippen LogP) is 0.953. The molecule has 8 heteroatoms. The average molecular weight is 290 g/mol. The molecule has 0 saturated heterocycles. The third-order valence-electron chi connectivity index (χ3n) is 2.37. The first-order chi connectivity index (χ1) is 7.93. The maximum atomic E-state index is 5.57. The summed E-state index contributed by atoms with van der Waals surface area (Å²) in [7, 11) is 0. The first-order valence-electron chi connectivity index (χ1n) is 5.11. The van der Waals surface area contributed by atoms with Gasteiger partial charge in [0.1, 0.15) is 12.4 Å². The Balaban J connectivity index is 0.000000810. The zero-order valence-electron chi connectivity index (χ0n) is 9.44. The molecule has 6 nitrogen and oxygen atoms in total. The predicted molar refractivity (Wildman–Crippen MR) is 73.3 cm³/mol. The third kappa shape index (κ3) is 2.83. The van der Waals surface area contributed by atoms with E-state index in [0.29, 0.717) is 12.5 Å². The molecule has 0 aliphatic carbocycles. The summed E-state index contributed by atoms with van der Waals surface area (Å²) in [6, 6.07) is 0. The van der Waals surface area contributed by atoms with Gasteiger partial charge in [0, 0.05) is 31.3 Å². The molecule has 0 spiro atoms. The molecule has 0 bridgehead atoms. The number of ether oxygens (including phenoxy) is 1. The van der Waals surface area contributed by atoms with Gasteiger partial charge < -0.3 is 14.5 Å². The van der Waals surface area contributed by atoms with Crippen LogP contribution in [-0.4, -0.2) is 39.9 Å². The van der Waals surface area contributed by atoms with Crippen LogP contribution in [0.4, 0.5) is 0 Å². The standard InChI is InChI=1S/C10H11N5O.2ClH/c1-2-12-8(11-1)7-16-10-9-13-3-5-15(9)6-4-14-10;;/h3-6H,1-2,7H2,(H,11,12);2*1H. The molecule has 1 aliphatic heterocycles. The maximum absolute atomic E-state index is 5.57. The Kier molecular flexibility index (Phi) is 5.18. The number of aromatic nitrogens is 3. The summed E-state index contributed by atoms with van der Waals surface area (Å²) >= 11 is 0. The van der Waals surface area contributed by atoms with E-state index in [9.17, 15) is 0 Å². The van der Waals surface area contributed by atoms with E-state index in [0.717, 1.165) is 24.6 Å².